The summed E-state index contributed by atoms with van der Waals surface area (Å²) in [5.74, 6) is 1.58. The van der Waals surface area contributed by atoms with Gasteiger partial charge < -0.3 is 9.84 Å². The maximum absolute atomic E-state index is 10.4. The number of ether oxygens (including phenoxy) is 1. The number of aliphatic carboxylic acids is 1. The van der Waals surface area contributed by atoms with E-state index in [-0.39, 0.29) is 6.42 Å². The second kappa shape index (κ2) is 9.70. The number of hydrogen-bond acceptors (Lipinski definition) is 3. The molecule has 0 aromatic heterocycles. The molecule has 120 valence electrons. The van der Waals surface area contributed by atoms with E-state index in [1.165, 1.54) is 4.90 Å². The van der Waals surface area contributed by atoms with E-state index in [0.29, 0.717) is 11.8 Å². The molecule has 1 aromatic carbocycles. The number of unbranched alkanes of at least 4 members (excludes halogenated alkanes) is 1. The molecule has 0 unspecified atom stereocenters. The van der Waals surface area contributed by atoms with Gasteiger partial charge in [-0.25, -0.2) is 0 Å². The minimum atomic E-state index is -0.712. The van der Waals surface area contributed by atoms with Crippen LogP contribution in [0.25, 0.3) is 0 Å². The molecule has 4 heteroatoms. The third-order valence-electron chi connectivity index (χ3n) is 3.90. The minimum Gasteiger partial charge on any atom is -0.481 e. The van der Waals surface area contributed by atoms with E-state index in [0.717, 1.165) is 38.2 Å². The fourth-order valence-electron chi connectivity index (χ4n) is 2.57. The van der Waals surface area contributed by atoms with Crippen molar-refractivity contribution in [3.8, 4) is 0 Å². The molecule has 0 bridgehead atoms. The van der Waals surface area contributed by atoms with Crippen LogP contribution < -0.4 is 0 Å². The second-order valence-electron chi connectivity index (χ2n) is 5.67. The number of carbonyl (C=O) groups is 1. The average molecular weight is 320 g/mol. The summed E-state index contributed by atoms with van der Waals surface area (Å²) < 4.78 is 5.64. The van der Waals surface area contributed by atoms with Gasteiger partial charge in [0, 0.05) is 17.1 Å². The third-order valence-corrected chi connectivity index (χ3v) is 5.11. The molecule has 3 nitrogen and oxygen atoms in total. The van der Waals surface area contributed by atoms with Gasteiger partial charge in [0.25, 0.3) is 0 Å². The number of benzene rings is 1. The Kier molecular flexibility index (Phi) is 7.54. The van der Waals surface area contributed by atoms with Crippen molar-refractivity contribution in [3.63, 3.8) is 0 Å². The molecule has 1 heterocycles. The molecule has 1 fully saturated rings. The predicted molar refractivity (Wildman–Crippen MR) is 90.2 cm³/mol. The van der Waals surface area contributed by atoms with E-state index in [1.807, 2.05) is 17.8 Å². The smallest absolute Gasteiger partial charge is 0.303 e. The number of carboxylic acids is 1. The molecule has 1 saturated heterocycles. The van der Waals surface area contributed by atoms with E-state index in [9.17, 15) is 4.79 Å². The van der Waals surface area contributed by atoms with Crippen LogP contribution in [0, 0.1) is 11.8 Å². The van der Waals surface area contributed by atoms with Crippen molar-refractivity contribution >= 4 is 17.7 Å². The molecule has 0 amide bonds. The van der Waals surface area contributed by atoms with Gasteiger partial charge in [-0.1, -0.05) is 30.4 Å². The van der Waals surface area contributed by atoms with Crippen molar-refractivity contribution in [1.82, 2.24) is 0 Å². The number of thioether (sulfide) groups is 1. The van der Waals surface area contributed by atoms with Gasteiger partial charge in [-0.15, -0.1) is 11.8 Å². The Morgan fingerprint density at radius 3 is 2.77 bits per heavy atom. The summed E-state index contributed by atoms with van der Waals surface area (Å²) in [6, 6.07) is 10.5. The summed E-state index contributed by atoms with van der Waals surface area (Å²) in [6.45, 7) is 1.71. The lowest BCUT2D eigenvalue weighted by Gasteiger charge is -2.15. The molecule has 0 spiro atoms. The van der Waals surface area contributed by atoms with Gasteiger partial charge in [-0.2, -0.15) is 0 Å². The fourth-order valence-corrected chi connectivity index (χ4v) is 3.69. The van der Waals surface area contributed by atoms with Crippen molar-refractivity contribution in [2.24, 2.45) is 11.8 Å². The van der Waals surface area contributed by atoms with E-state index < -0.39 is 5.97 Å². The SMILES string of the molecule is O=C(O)CCCC=CC[C@H]1COC[C@H]1CSc1ccccc1. The molecule has 1 aliphatic rings. The first-order valence-corrected chi connectivity index (χ1v) is 8.86. The van der Waals surface area contributed by atoms with E-state index in [4.69, 9.17) is 9.84 Å². The molecule has 2 atom stereocenters. The Bertz CT molecular complexity index is 472. The first-order valence-electron chi connectivity index (χ1n) is 7.88. The van der Waals surface area contributed by atoms with Gasteiger partial charge >= 0.3 is 5.97 Å². The number of hydrogen-bond donors (Lipinski definition) is 1. The molecule has 1 aromatic rings. The summed E-state index contributed by atoms with van der Waals surface area (Å²) in [5, 5.41) is 8.59. The van der Waals surface area contributed by atoms with Gasteiger partial charge in [0.05, 0.1) is 13.2 Å². The van der Waals surface area contributed by atoms with E-state index >= 15 is 0 Å². The Morgan fingerprint density at radius 1 is 1.23 bits per heavy atom. The molecule has 1 aliphatic heterocycles. The predicted octanol–water partition coefficient (Wildman–Crippen LogP) is 4.24. The van der Waals surface area contributed by atoms with Crippen LogP contribution in [0.2, 0.25) is 0 Å². The lowest BCUT2D eigenvalue weighted by molar-refractivity contribution is -0.137. The van der Waals surface area contributed by atoms with Gasteiger partial charge in [-0.05, 0) is 43.2 Å². The van der Waals surface area contributed by atoms with Crippen molar-refractivity contribution in [2.45, 2.75) is 30.6 Å². The summed E-state index contributed by atoms with van der Waals surface area (Å²) in [4.78, 5) is 11.7. The number of rotatable bonds is 9. The Morgan fingerprint density at radius 2 is 2.00 bits per heavy atom. The largest absolute Gasteiger partial charge is 0.481 e. The topological polar surface area (TPSA) is 46.5 Å². The van der Waals surface area contributed by atoms with Crippen LogP contribution in [0.4, 0.5) is 0 Å². The highest BCUT2D eigenvalue weighted by atomic mass is 32.2. The first kappa shape index (κ1) is 17.1. The van der Waals surface area contributed by atoms with Crippen molar-refractivity contribution in [1.29, 1.82) is 0 Å². The van der Waals surface area contributed by atoms with Crippen LogP contribution >= 0.6 is 11.8 Å². The lowest BCUT2D eigenvalue weighted by atomic mass is 9.94. The third kappa shape index (κ3) is 6.24. The standard InChI is InChI=1S/C18H24O3S/c19-18(20)11-7-2-1-4-8-15-12-21-13-16(15)14-22-17-9-5-3-6-10-17/h1,3-6,9-10,15-16H,2,7-8,11-14H2,(H,19,20)/t15-,16-/m0/s1. The zero-order valence-corrected chi connectivity index (χ0v) is 13.6. The van der Waals surface area contributed by atoms with Crippen molar-refractivity contribution in [3.05, 3.63) is 42.5 Å². The van der Waals surface area contributed by atoms with E-state index in [2.05, 4.69) is 36.4 Å². The van der Waals surface area contributed by atoms with Crippen LogP contribution in [0.15, 0.2) is 47.4 Å². The highest BCUT2D eigenvalue weighted by molar-refractivity contribution is 7.99. The Labute approximate surface area is 136 Å². The molecule has 0 radical (unpaired) electrons. The van der Waals surface area contributed by atoms with Crippen LogP contribution in [-0.2, 0) is 9.53 Å². The molecular weight excluding hydrogens is 296 g/mol. The van der Waals surface area contributed by atoms with Crippen molar-refractivity contribution in [2.75, 3.05) is 19.0 Å². The monoisotopic (exact) mass is 320 g/mol. The molecule has 1 N–H and O–H groups in total. The molecule has 2 rings (SSSR count). The highest BCUT2D eigenvalue weighted by Crippen LogP contribution is 2.30. The zero-order valence-electron chi connectivity index (χ0n) is 12.8. The molecule has 0 aliphatic carbocycles. The summed E-state index contributed by atoms with van der Waals surface area (Å²) >= 11 is 1.90. The van der Waals surface area contributed by atoms with Crippen LogP contribution in [-0.4, -0.2) is 30.0 Å². The molecule has 22 heavy (non-hydrogen) atoms. The van der Waals surface area contributed by atoms with Gasteiger partial charge in [-0.3, -0.25) is 4.79 Å². The average Bonchev–Trinajstić information content (AvgIpc) is 2.97. The molecular formula is C18H24O3S. The Hall–Kier alpha value is -1.26. The summed E-state index contributed by atoms with van der Waals surface area (Å²) in [5.41, 5.74) is 0. The maximum atomic E-state index is 10.4. The highest BCUT2D eigenvalue weighted by Gasteiger charge is 2.27. The number of allylic oxidation sites excluding steroid dienone is 2. The van der Waals surface area contributed by atoms with Gasteiger partial charge in [0.1, 0.15) is 0 Å². The summed E-state index contributed by atoms with van der Waals surface area (Å²) in [6.07, 6.45) is 7.17. The van der Waals surface area contributed by atoms with E-state index in [1.54, 1.807) is 0 Å². The van der Waals surface area contributed by atoms with Gasteiger partial charge in [0.15, 0.2) is 0 Å². The minimum absolute atomic E-state index is 0.257. The second-order valence-corrected chi connectivity index (χ2v) is 6.77. The molecule has 0 saturated carbocycles. The zero-order chi connectivity index (χ0) is 15.6. The first-order chi connectivity index (χ1) is 10.8. The normalized spacial score (nSPS) is 21.5. The van der Waals surface area contributed by atoms with Crippen LogP contribution in [0.1, 0.15) is 25.7 Å². The quantitative estimate of drug-likeness (QED) is 0.420. The maximum Gasteiger partial charge on any atom is 0.303 e. The Balaban J connectivity index is 1.67. The lowest BCUT2D eigenvalue weighted by Crippen LogP contribution is -2.14. The fraction of sp³-hybridized carbons (Fsp3) is 0.500. The van der Waals surface area contributed by atoms with Crippen LogP contribution in [0.5, 0.6) is 0 Å². The summed E-state index contributed by atoms with van der Waals surface area (Å²) in [7, 11) is 0. The van der Waals surface area contributed by atoms with Crippen molar-refractivity contribution < 1.29 is 14.6 Å². The van der Waals surface area contributed by atoms with Crippen LogP contribution in [0.3, 0.4) is 0 Å². The van der Waals surface area contributed by atoms with Gasteiger partial charge in [0.2, 0.25) is 0 Å². The number of carboxylic acid groups (broad SMARTS) is 1.